The van der Waals surface area contributed by atoms with E-state index in [-0.39, 0.29) is 11.9 Å². The summed E-state index contributed by atoms with van der Waals surface area (Å²) in [4.78, 5) is 12.4. The molecule has 1 fully saturated rings. The molecular formula is C15H22N2O4. The third-order valence-corrected chi connectivity index (χ3v) is 3.30. The highest BCUT2D eigenvalue weighted by Gasteiger charge is 2.22. The second-order valence-corrected chi connectivity index (χ2v) is 4.86. The highest BCUT2D eigenvalue weighted by molar-refractivity contribution is 5.98. The molecule has 1 saturated heterocycles. The first kappa shape index (κ1) is 15.6. The molecule has 21 heavy (non-hydrogen) atoms. The van der Waals surface area contributed by atoms with Crippen molar-refractivity contribution >= 4 is 5.91 Å². The number of nitrogens with one attached hydrogen (secondary N) is 1. The number of benzene rings is 1. The molecule has 2 rings (SSSR count). The molecule has 1 aromatic carbocycles. The number of amides is 1. The van der Waals surface area contributed by atoms with Crippen LogP contribution in [-0.2, 0) is 4.74 Å². The second-order valence-electron chi connectivity index (χ2n) is 4.86. The smallest absolute Gasteiger partial charge is 0.255 e. The van der Waals surface area contributed by atoms with E-state index in [4.69, 9.17) is 19.9 Å². The summed E-state index contributed by atoms with van der Waals surface area (Å²) in [7, 11) is 1.55. The van der Waals surface area contributed by atoms with Crippen molar-refractivity contribution in [3.8, 4) is 11.5 Å². The molecule has 1 aromatic rings. The van der Waals surface area contributed by atoms with Gasteiger partial charge in [-0.05, 0) is 31.5 Å². The first-order valence-corrected chi connectivity index (χ1v) is 7.14. The summed E-state index contributed by atoms with van der Waals surface area (Å²) in [6.45, 7) is 2.22. The minimum Gasteiger partial charge on any atom is -0.493 e. The lowest BCUT2D eigenvalue weighted by molar-refractivity contribution is 0.0925. The third-order valence-electron chi connectivity index (χ3n) is 3.30. The highest BCUT2D eigenvalue weighted by atomic mass is 16.5. The van der Waals surface area contributed by atoms with E-state index in [0.717, 1.165) is 12.8 Å². The quantitative estimate of drug-likeness (QED) is 0.731. The summed E-state index contributed by atoms with van der Waals surface area (Å²) >= 11 is 0. The molecule has 0 spiro atoms. The fourth-order valence-corrected chi connectivity index (χ4v) is 2.17. The molecule has 1 heterocycles. The molecule has 1 aliphatic heterocycles. The molecule has 0 saturated carbocycles. The SMILES string of the molecule is COc1cccc(C(=O)N[C@H]2CCOC2)c1OCCCN. The van der Waals surface area contributed by atoms with Gasteiger partial charge in [-0.2, -0.15) is 0 Å². The van der Waals surface area contributed by atoms with Gasteiger partial charge >= 0.3 is 0 Å². The second kappa shape index (κ2) is 7.85. The molecule has 1 atom stereocenters. The Morgan fingerprint density at radius 2 is 2.38 bits per heavy atom. The number of nitrogens with two attached hydrogens (primary N) is 1. The van der Waals surface area contributed by atoms with E-state index in [1.54, 1.807) is 25.3 Å². The minimum atomic E-state index is -0.174. The molecule has 0 aromatic heterocycles. The standard InChI is InChI=1S/C15H22N2O4/c1-19-13-5-2-4-12(14(13)21-8-3-7-16)15(18)17-11-6-9-20-10-11/h2,4-5,11H,3,6-10,16H2,1H3,(H,17,18)/t11-/m0/s1. The van der Waals surface area contributed by atoms with Gasteiger partial charge in [-0.15, -0.1) is 0 Å². The predicted molar refractivity (Wildman–Crippen MR) is 78.9 cm³/mol. The lowest BCUT2D eigenvalue weighted by Crippen LogP contribution is -2.35. The van der Waals surface area contributed by atoms with E-state index in [9.17, 15) is 4.79 Å². The number of ether oxygens (including phenoxy) is 3. The number of hydrogen-bond acceptors (Lipinski definition) is 5. The van der Waals surface area contributed by atoms with E-state index in [0.29, 0.717) is 43.4 Å². The van der Waals surface area contributed by atoms with Crippen LogP contribution in [0.3, 0.4) is 0 Å². The third kappa shape index (κ3) is 4.09. The Labute approximate surface area is 124 Å². The van der Waals surface area contributed by atoms with Gasteiger partial charge in [0.2, 0.25) is 0 Å². The van der Waals surface area contributed by atoms with Crippen LogP contribution in [0.4, 0.5) is 0 Å². The van der Waals surface area contributed by atoms with Crippen LogP contribution in [0.25, 0.3) is 0 Å². The van der Waals surface area contributed by atoms with Crippen LogP contribution in [0, 0.1) is 0 Å². The molecular weight excluding hydrogens is 272 g/mol. The topological polar surface area (TPSA) is 82.8 Å². The van der Waals surface area contributed by atoms with Crippen molar-refractivity contribution < 1.29 is 19.0 Å². The molecule has 1 amide bonds. The minimum absolute atomic E-state index is 0.0561. The molecule has 1 aliphatic rings. The maximum absolute atomic E-state index is 12.4. The van der Waals surface area contributed by atoms with Crippen molar-refractivity contribution in [1.82, 2.24) is 5.32 Å². The Hall–Kier alpha value is -1.79. The normalized spacial score (nSPS) is 17.5. The average molecular weight is 294 g/mol. The van der Waals surface area contributed by atoms with Gasteiger partial charge in [0.25, 0.3) is 5.91 Å². The van der Waals surface area contributed by atoms with Crippen LogP contribution in [0.15, 0.2) is 18.2 Å². The van der Waals surface area contributed by atoms with E-state index in [1.807, 2.05) is 0 Å². The maximum atomic E-state index is 12.4. The van der Waals surface area contributed by atoms with Gasteiger partial charge < -0.3 is 25.3 Å². The Kier molecular flexibility index (Phi) is 5.83. The van der Waals surface area contributed by atoms with Crippen molar-refractivity contribution in [1.29, 1.82) is 0 Å². The van der Waals surface area contributed by atoms with Gasteiger partial charge in [-0.25, -0.2) is 0 Å². The van der Waals surface area contributed by atoms with Gasteiger partial charge in [-0.3, -0.25) is 4.79 Å². The highest BCUT2D eigenvalue weighted by Crippen LogP contribution is 2.31. The number of hydrogen-bond donors (Lipinski definition) is 2. The molecule has 3 N–H and O–H groups in total. The summed E-state index contributed by atoms with van der Waals surface area (Å²) in [6, 6.07) is 5.33. The van der Waals surface area contributed by atoms with E-state index in [2.05, 4.69) is 5.32 Å². The predicted octanol–water partition coefficient (Wildman–Crippen LogP) is 0.941. The summed E-state index contributed by atoms with van der Waals surface area (Å²) < 4.78 is 16.2. The van der Waals surface area contributed by atoms with Gasteiger partial charge in [0.1, 0.15) is 0 Å². The van der Waals surface area contributed by atoms with Crippen LogP contribution < -0.4 is 20.5 Å². The number of carbonyl (C=O) groups is 1. The van der Waals surface area contributed by atoms with Gasteiger partial charge in [-0.1, -0.05) is 6.07 Å². The van der Waals surface area contributed by atoms with E-state index in [1.165, 1.54) is 0 Å². The van der Waals surface area contributed by atoms with Crippen molar-refractivity contribution in [2.75, 3.05) is 33.5 Å². The zero-order chi connectivity index (χ0) is 15.1. The molecule has 0 radical (unpaired) electrons. The molecule has 6 nitrogen and oxygen atoms in total. The van der Waals surface area contributed by atoms with Gasteiger partial charge in [0.15, 0.2) is 11.5 Å². The summed E-state index contributed by atoms with van der Waals surface area (Å²) in [5.41, 5.74) is 5.94. The van der Waals surface area contributed by atoms with Crippen LogP contribution in [-0.4, -0.2) is 45.4 Å². The molecule has 116 valence electrons. The van der Waals surface area contributed by atoms with E-state index >= 15 is 0 Å². The number of methoxy groups -OCH3 is 1. The van der Waals surface area contributed by atoms with Gasteiger partial charge in [0, 0.05) is 6.61 Å². The Balaban J connectivity index is 2.13. The molecule has 0 unspecified atom stereocenters. The monoisotopic (exact) mass is 294 g/mol. The zero-order valence-electron chi connectivity index (χ0n) is 12.3. The van der Waals surface area contributed by atoms with Crippen LogP contribution in [0.5, 0.6) is 11.5 Å². The van der Waals surface area contributed by atoms with Crippen molar-refractivity contribution in [3.05, 3.63) is 23.8 Å². The van der Waals surface area contributed by atoms with Crippen LogP contribution in [0.2, 0.25) is 0 Å². The van der Waals surface area contributed by atoms with E-state index < -0.39 is 0 Å². The first-order chi connectivity index (χ1) is 10.3. The largest absolute Gasteiger partial charge is 0.493 e. The first-order valence-electron chi connectivity index (χ1n) is 7.14. The molecule has 0 aliphatic carbocycles. The average Bonchev–Trinajstić information content (AvgIpc) is 3.00. The van der Waals surface area contributed by atoms with Gasteiger partial charge in [0.05, 0.1) is 31.9 Å². The maximum Gasteiger partial charge on any atom is 0.255 e. The van der Waals surface area contributed by atoms with Crippen LogP contribution >= 0.6 is 0 Å². The zero-order valence-corrected chi connectivity index (χ0v) is 12.3. The lowest BCUT2D eigenvalue weighted by atomic mass is 10.1. The van der Waals surface area contributed by atoms with Crippen molar-refractivity contribution in [2.24, 2.45) is 5.73 Å². The molecule has 0 bridgehead atoms. The summed E-state index contributed by atoms with van der Waals surface area (Å²) in [5.74, 6) is 0.833. The molecule has 6 heteroatoms. The van der Waals surface area contributed by atoms with Crippen molar-refractivity contribution in [2.45, 2.75) is 18.9 Å². The number of carbonyl (C=O) groups excluding carboxylic acids is 1. The van der Waals surface area contributed by atoms with Crippen LogP contribution in [0.1, 0.15) is 23.2 Å². The summed E-state index contributed by atoms with van der Waals surface area (Å²) in [5, 5.41) is 2.95. The Bertz CT molecular complexity index is 473. The lowest BCUT2D eigenvalue weighted by Gasteiger charge is -2.16. The Morgan fingerprint density at radius 3 is 3.05 bits per heavy atom. The fourth-order valence-electron chi connectivity index (χ4n) is 2.17. The Morgan fingerprint density at radius 1 is 1.52 bits per heavy atom. The number of para-hydroxylation sites is 1. The fraction of sp³-hybridized carbons (Fsp3) is 0.533. The van der Waals surface area contributed by atoms with Crippen molar-refractivity contribution in [3.63, 3.8) is 0 Å². The number of rotatable bonds is 7. The summed E-state index contributed by atoms with van der Waals surface area (Å²) in [6.07, 6.45) is 1.55.